The predicted octanol–water partition coefficient (Wildman–Crippen LogP) is 8.06. The highest BCUT2D eigenvalue weighted by Crippen LogP contribution is 2.43. The summed E-state index contributed by atoms with van der Waals surface area (Å²) in [5, 5.41) is 2.60. The molecule has 0 saturated heterocycles. The molecule has 0 fully saturated rings. The number of rotatable bonds is 3. The van der Waals surface area contributed by atoms with Crippen molar-refractivity contribution in [1.82, 2.24) is 9.97 Å². The fourth-order valence-electron chi connectivity index (χ4n) is 3.58. The van der Waals surface area contributed by atoms with E-state index in [-0.39, 0.29) is 5.28 Å². The van der Waals surface area contributed by atoms with E-state index in [0.717, 1.165) is 31.7 Å². The Hall–Kier alpha value is -2.53. The van der Waals surface area contributed by atoms with Crippen molar-refractivity contribution in [1.29, 1.82) is 0 Å². The van der Waals surface area contributed by atoms with Gasteiger partial charge in [0.05, 0.1) is 15.9 Å². The predicted molar refractivity (Wildman–Crippen MR) is 126 cm³/mol. The molecule has 0 spiro atoms. The van der Waals surface area contributed by atoms with Crippen molar-refractivity contribution in [2.45, 2.75) is 6.92 Å². The van der Waals surface area contributed by atoms with Crippen LogP contribution in [0.1, 0.15) is 17.4 Å². The summed E-state index contributed by atoms with van der Waals surface area (Å²) >= 11 is 9.81. The summed E-state index contributed by atoms with van der Waals surface area (Å²) < 4.78 is 3.45. The van der Waals surface area contributed by atoms with Crippen molar-refractivity contribution in [3.63, 3.8) is 0 Å². The largest absolute Gasteiger partial charge is 0.223 e. The molecule has 136 valence electrons. The lowest BCUT2D eigenvalue weighted by Crippen LogP contribution is -1.89. The summed E-state index contributed by atoms with van der Waals surface area (Å²) in [4.78, 5) is 10.4. The molecule has 0 bridgehead atoms. The summed E-state index contributed by atoms with van der Waals surface area (Å²) in [6.07, 6.45) is 6.13. The zero-order valence-electron chi connectivity index (χ0n) is 15.1. The summed E-state index contributed by atoms with van der Waals surface area (Å²) in [7, 11) is 0. The summed E-state index contributed by atoms with van der Waals surface area (Å²) in [5.41, 5.74) is 4.10. The molecule has 0 aliphatic heterocycles. The van der Waals surface area contributed by atoms with Crippen LogP contribution in [0.25, 0.3) is 53.8 Å². The first-order valence-corrected chi connectivity index (χ1v) is 10.9. The van der Waals surface area contributed by atoms with Crippen LogP contribution in [0.15, 0.2) is 55.1 Å². The summed E-state index contributed by atoms with van der Waals surface area (Å²) in [6.45, 7) is 6.03. The summed E-state index contributed by atoms with van der Waals surface area (Å²) in [6, 6.07) is 14.6. The zero-order chi connectivity index (χ0) is 19.3. The van der Waals surface area contributed by atoms with Gasteiger partial charge < -0.3 is 0 Å². The van der Waals surface area contributed by atoms with Crippen LogP contribution in [0, 0.1) is 0 Å². The van der Waals surface area contributed by atoms with Gasteiger partial charge in [0.25, 0.3) is 0 Å². The number of hydrogen-bond acceptors (Lipinski definition) is 4. The van der Waals surface area contributed by atoms with Gasteiger partial charge in [0, 0.05) is 30.6 Å². The SMILES string of the molecule is C=Cc1sc2c(-c3nc(Cl)nc4c3sc3ccccc34)cccc2c1/C=C\C. The molecule has 0 amide bonds. The topological polar surface area (TPSA) is 25.8 Å². The van der Waals surface area contributed by atoms with E-state index in [1.54, 1.807) is 22.7 Å². The Balaban J connectivity index is 1.91. The second kappa shape index (κ2) is 6.82. The molecule has 5 heteroatoms. The van der Waals surface area contributed by atoms with Gasteiger partial charge in [0.1, 0.15) is 0 Å². The number of halogens is 1. The van der Waals surface area contributed by atoms with Crippen LogP contribution in [0.3, 0.4) is 0 Å². The molecule has 0 unspecified atom stereocenters. The van der Waals surface area contributed by atoms with Crippen molar-refractivity contribution in [2.24, 2.45) is 0 Å². The lowest BCUT2D eigenvalue weighted by atomic mass is 10.0. The standard InChI is InChI=1S/C23H15ClN2S2/c1-3-8-13-14-10-7-11-16(21(14)27-17(13)4-2)20-22-19(25-23(24)26-20)15-9-5-6-12-18(15)28-22/h3-12H,2H2,1H3/b8-3-. The highest BCUT2D eigenvalue weighted by Gasteiger charge is 2.18. The molecule has 2 aromatic carbocycles. The Morgan fingerprint density at radius 3 is 2.61 bits per heavy atom. The molecule has 5 rings (SSSR count). The summed E-state index contributed by atoms with van der Waals surface area (Å²) in [5.74, 6) is 0. The molecule has 0 atom stereocenters. The lowest BCUT2D eigenvalue weighted by Gasteiger charge is -2.05. The van der Waals surface area contributed by atoms with E-state index < -0.39 is 0 Å². The maximum Gasteiger partial charge on any atom is 0.223 e. The highest BCUT2D eigenvalue weighted by molar-refractivity contribution is 7.26. The quantitative estimate of drug-likeness (QED) is 0.277. The second-order valence-electron chi connectivity index (χ2n) is 6.38. The van der Waals surface area contributed by atoms with Gasteiger partial charge in [-0.2, -0.15) is 0 Å². The molecule has 3 heterocycles. The van der Waals surface area contributed by atoms with Gasteiger partial charge in [0.2, 0.25) is 5.28 Å². The maximum absolute atomic E-state index is 6.35. The number of hydrogen-bond donors (Lipinski definition) is 0. The lowest BCUT2D eigenvalue weighted by molar-refractivity contribution is 1.24. The fourth-order valence-corrected chi connectivity index (χ4v) is 6.05. The van der Waals surface area contributed by atoms with Crippen LogP contribution in [0.2, 0.25) is 5.28 Å². The Morgan fingerprint density at radius 1 is 0.964 bits per heavy atom. The van der Waals surface area contributed by atoms with E-state index in [9.17, 15) is 0 Å². The molecule has 0 aliphatic rings. The smallest absolute Gasteiger partial charge is 0.216 e. The van der Waals surface area contributed by atoms with Crippen LogP contribution >= 0.6 is 34.3 Å². The van der Waals surface area contributed by atoms with Crippen LogP contribution in [-0.2, 0) is 0 Å². The Bertz CT molecular complexity index is 1410. The van der Waals surface area contributed by atoms with Crippen LogP contribution in [0.4, 0.5) is 0 Å². The van der Waals surface area contributed by atoms with E-state index >= 15 is 0 Å². The number of thiophene rings is 2. The third-order valence-electron chi connectivity index (χ3n) is 4.75. The van der Waals surface area contributed by atoms with Crippen molar-refractivity contribution in [2.75, 3.05) is 0 Å². The van der Waals surface area contributed by atoms with Gasteiger partial charge in [0.15, 0.2) is 0 Å². The zero-order valence-corrected chi connectivity index (χ0v) is 17.5. The van der Waals surface area contributed by atoms with Crippen molar-refractivity contribution in [3.8, 4) is 11.3 Å². The van der Waals surface area contributed by atoms with Crippen molar-refractivity contribution in [3.05, 3.63) is 70.8 Å². The number of nitrogens with zero attached hydrogens (tertiary/aromatic N) is 2. The average molecular weight is 419 g/mol. The van der Waals surface area contributed by atoms with E-state index in [2.05, 4.69) is 59.0 Å². The molecule has 0 N–H and O–H groups in total. The third-order valence-corrected chi connectivity index (χ3v) is 7.34. The number of allylic oxidation sites excluding steroid dienone is 1. The van der Waals surface area contributed by atoms with Gasteiger partial charge in [-0.15, -0.1) is 22.7 Å². The number of aromatic nitrogens is 2. The Labute approximate surface area is 175 Å². The van der Waals surface area contributed by atoms with E-state index in [0.29, 0.717) is 0 Å². The number of benzene rings is 2. The molecule has 5 aromatic rings. The molecule has 0 saturated carbocycles. The monoisotopic (exact) mass is 418 g/mol. The van der Waals surface area contributed by atoms with E-state index in [1.807, 2.05) is 25.1 Å². The van der Waals surface area contributed by atoms with E-state index in [1.165, 1.54) is 20.3 Å². The maximum atomic E-state index is 6.35. The Kier molecular flexibility index (Phi) is 4.27. The molecule has 0 radical (unpaired) electrons. The minimum Gasteiger partial charge on any atom is -0.216 e. The molecular weight excluding hydrogens is 404 g/mol. The fraction of sp³-hybridized carbons (Fsp3) is 0.0435. The average Bonchev–Trinajstić information content (AvgIpc) is 3.26. The van der Waals surface area contributed by atoms with Crippen LogP contribution in [0.5, 0.6) is 0 Å². The van der Waals surface area contributed by atoms with Gasteiger partial charge in [-0.25, -0.2) is 9.97 Å². The molecule has 0 aliphatic carbocycles. The third kappa shape index (κ3) is 2.60. The highest BCUT2D eigenvalue weighted by atomic mass is 35.5. The Morgan fingerprint density at radius 2 is 1.79 bits per heavy atom. The first-order valence-electron chi connectivity index (χ1n) is 8.87. The second-order valence-corrected chi connectivity index (χ2v) is 8.83. The molecule has 2 nitrogen and oxygen atoms in total. The van der Waals surface area contributed by atoms with Gasteiger partial charge in [-0.3, -0.25) is 0 Å². The van der Waals surface area contributed by atoms with Crippen LogP contribution < -0.4 is 0 Å². The van der Waals surface area contributed by atoms with Crippen molar-refractivity contribution < 1.29 is 0 Å². The molecule has 28 heavy (non-hydrogen) atoms. The van der Waals surface area contributed by atoms with Crippen molar-refractivity contribution >= 4 is 76.8 Å². The number of fused-ring (bicyclic) bond motifs is 4. The van der Waals surface area contributed by atoms with Gasteiger partial charge >= 0.3 is 0 Å². The van der Waals surface area contributed by atoms with Crippen LogP contribution in [-0.4, -0.2) is 9.97 Å². The minimum absolute atomic E-state index is 0.275. The van der Waals surface area contributed by atoms with Gasteiger partial charge in [-0.1, -0.05) is 61.2 Å². The van der Waals surface area contributed by atoms with Gasteiger partial charge in [-0.05, 0) is 30.2 Å². The molecule has 3 aromatic heterocycles. The first-order chi connectivity index (χ1) is 13.7. The molecular formula is C23H15ClN2S2. The normalized spacial score (nSPS) is 11.9. The van der Waals surface area contributed by atoms with E-state index in [4.69, 9.17) is 11.6 Å². The first kappa shape index (κ1) is 17.6. The minimum atomic E-state index is 0.275.